The van der Waals surface area contributed by atoms with Crippen molar-refractivity contribution in [2.24, 2.45) is 5.92 Å². The number of carbonyl (C=O) groups is 1. The Morgan fingerprint density at radius 1 is 1.29 bits per heavy atom. The molecule has 4 rings (SSSR count). The van der Waals surface area contributed by atoms with Crippen molar-refractivity contribution in [2.75, 3.05) is 25.0 Å². The quantitative estimate of drug-likeness (QED) is 0.583. The van der Waals surface area contributed by atoms with Crippen LogP contribution in [0.3, 0.4) is 0 Å². The van der Waals surface area contributed by atoms with Crippen LogP contribution in [0.5, 0.6) is 0 Å². The van der Waals surface area contributed by atoms with Gasteiger partial charge in [-0.15, -0.1) is 0 Å². The van der Waals surface area contributed by atoms with Crippen LogP contribution in [0, 0.1) is 24.2 Å². The molecule has 3 heterocycles. The standard InChI is InChI=1S/C25H30N6O3/c1-16-14-27-23(28-15-17-9-11-31(12-10-17)24(32)34-25(2,3)4)30-21(16)18(13-26)22-29-19-7-5-6-8-20(19)33-22/h5-8,14,17-18H,9-12,15H2,1-4H3,(H,27,28,30). The van der Waals surface area contributed by atoms with Crippen LogP contribution in [0.15, 0.2) is 34.9 Å². The molecule has 9 nitrogen and oxygen atoms in total. The third-order valence-electron chi connectivity index (χ3n) is 5.79. The van der Waals surface area contributed by atoms with Gasteiger partial charge in [0.15, 0.2) is 11.5 Å². The molecule has 3 aromatic rings. The van der Waals surface area contributed by atoms with Gasteiger partial charge in [0.1, 0.15) is 11.1 Å². The number of nitrogens with zero attached hydrogens (tertiary/aromatic N) is 5. The average molecular weight is 463 g/mol. The number of fused-ring (bicyclic) bond motifs is 1. The highest BCUT2D eigenvalue weighted by Crippen LogP contribution is 2.28. The maximum atomic E-state index is 12.3. The first-order valence-electron chi connectivity index (χ1n) is 11.5. The van der Waals surface area contributed by atoms with Crippen LogP contribution in [0.25, 0.3) is 11.1 Å². The maximum absolute atomic E-state index is 12.3. The van der Waals surface area contributed by atoms with Gasteiger partial charge in [0.2, 0.25) is 11.8 Å². The molecule has 1 fully saturated rings. The fourth-order valence-electron chi connectivity index (χ4n) is 3.96. The number of hydrogen-bond acceptors (Lipinski definition) is 8. The summed E-state index contributed by atoms with van der Waals surface area (Å²) in [6, 6.07) is 9.71. The van der Waals surface area contributed by atoms with Crippen molar-refractivity contribution in [1.82, 2.24) is 19.9 Å². The van der Waals surface area contributed by atoms with Crippen molar-refractivity contribution in [3.05, 3.63) is 47.6 Å². The highest BCUT2D eigenvalue weighted by atomic mass is 16.6. The number of aromatic nitrogens is 3. The highest BCUT2D eigenvalue weighted by Gasteiger charge is 2.27. The van der Waals surface area contributed by atoms with Crippen LogP contribution in [0.2, 0.25) is 0 Å². The van der Waals surface area contributed by atoms with E-state index in [-0.39, 0.29) is 6.09 Å². The predicted molar refractivity (Wildman–Crippen MR) is 127 cm³/mol. The van der Waals surface area contributed by atoms with Crippen LogP contribution in [-0.4, -0.2) is 51.2 Å². The summed E-state index contributed by atoms with van der Waals surface area (Å²) in [5.41, 5.74) is 2.23. The van der Waals surface area contributed by atoms with E-state index >= 15 is 0 Å². The number of oxazole rings is 1. The van der Waals surface area contributed by atoms with Crippen molar-refractivity contribution in [3.63, 3.8) is 0 Å². The Balaban J connectivity index is 1.39. The summed E-state index contributed by atoms with van der Waals surface area (Å²) in [5, 5.41) is 13.2. The molecule has 2 aromatic heterocycles. The van der Waals surface area contributed by atoms with Crippen LogP contribution in [0.4, 0.5) is 10.7 Å². The zero-order chi connectivity index (χ0) is 24.3. The van der Waals surface area contributed by atoms with Crippen LogP contribution < -0.4 is 5.32 Å². The molecule has 0 bridgehead atoms. The van der Waals surface area contributed by atoms with E-state index < -0.39 is 11.5 Å². The molecule has 0 aliphatic carbocycles. The Morgan fingerprint density at radius 2 is 2.03 bits per heavy atom. The summed E-state index contributed by atoms with van der Waals surface area (Å²) >= 11 is 0. The second-order valence-corrected chi connectivity index (χ2v) is 9.64. The zero-order valence-corrected chi connectivity index (χ0v) is 20.0. The van der Waals surface area contributed by atoms with E-state index in [0.717, 1.165) is 18.4 Å². The number of nitriles is 1. The SMILES string of the molecule is Cc1cnc(NCC2CCN(C(=O)OC(C)(C)C)CC2)nc1C(C#N)c1nc2ccccc2o1. The second-order valence-electron chi connectivity index (χ2n) is 9.64. The van der Waals surface area contributed by atoms with E-state index in [4.69, 9.17) is 9.15 Å². The monoisotopic (exact) mass is 462 g/mol. The van der Waals surface area contributed by atoms with Crippen molar-refractivity contribution in [1.29, 1.82) is 5.26 Å². The van der Waals surface area contributed by atoms with Gasteiger partial charge in [-0.05, 0) is 64.2 Å². The molecule has 34 heavy (non-hydrogen) atoms. The Kier molecular flexibility index (Phi) is 6.68. The lowest BCUT2D eigenvalue weighted by molar-refractivity contribution is 0.0188. The Morgan fingerprint density at radius 3 is 2.71 bits per heavy atom. The zero-order valence-electron chi connectivity index (χ0n) is 20.0. The van der Waals surface area contributed by atoms with Crippen molar-refractivity contribution < 1.29 is 13.9 Å². The topological polar surface area (TPSA) is 117 Å². The highest BCUT2D eigenvalue weighted by molar-refractivity contribution is 5.72. The van der Waals surface area contributed by atoms with Gasteiger partial charge in [0.25, 0.3) is 0 Å². The van der Waals surface area contributed by atoms with E-state index in [9.17, 15) is 10.1 Å². The Bertz CT molecular complexity index is 1170. The number of anilines is 1. The largest absolute Gasteiger partial charge is 0.444 e. The number of nitrogens with one attached hydrogen (secondary N) is 1. The molecule has 1 aliphatic heterocycles. The number of rotatable bonds is 5. The molecule has 9 heteroatoms. The Hall–Kier alpha value is -3.67. The minimum absolute atomic E-state index is 0.257. The van der Waals surface area contributed by atoms with Crippen molar-refractivity contribution in [2.45, 2.75) is 52.1 Å². The summed E-state index contributed by atoms with van der Waals surface area (Å²) in [4.78, 5) is 27.5. The maximum Gasteiger partial charge on any atom is 0.410 e. The summed E-state index contributed by atoms with van der Waals surface area (Å²) in [7, 11) is 0. The van der Waals surface area contributed by atoms with Crippen molar-refractivity contribution in [3.8, 4) is 6.07 Å². The molecule has 0 saturated carbocycles. The van der Waals surface area contributed by atoms with Gasteiger partial charge in [-0.1, -0.05) is 12.1 Å². The minimum Gasteiger partial charge on any atom is -0.444 e. The first-order valence-corrected chi connectivity index (χ1v) is 11.5. The number of piperidine rings is 1. The summed E-state index contributed by atoms with van der Waals surface area (Å²) in [5.74, 6) is 0.446. The normalized spacial score (nSPS) is 15.7. The van der Waals surface area contributed by atoms with Gasteiger partial charge < -0.3 is 19.4 Å². The fourth-order valence-corrected chi connectivity index (χ4v) is 3.96. The number of carbonyl (C=O) groups excluding carboxylic acids is 1. The summed E-state index contributed by atoms with van der Waals surface area (Å²) in [6.07, 6.45) is 3.19. The van der Waals surface area contributed by atoms with Gasteiger partial charge in [-0.2, -0.15) is 5.26 Å². The van der Waals surface area contributed by atoms with E-state index in [1.807, 2.05) is 52.0 Å². The molecule has 1 aliphatic rings. The number of aryl methyl sites for hydroxylation is 1. The molecular formula is C25H30N6O3. The summed E-state index contributed by atoms with van der Waals surface area (Å²) < 4.78 is 11.3. The molecule has 1 atom stereocenters. The minimum atomic E-state index is -0.729. The van der Waals surface area contributed by atoms with Gasteiger partial charge in [-0.3, -0.25) is 0 Å². The van der Waals surface area contributed by atoms with Crippen LogP contribution in [-0.2, 0) is 4.74 Å². The molecule has 0 radical (unpaired) electrons. The molecule has 1 aromatic carbocycles. The van der Waals surface area contributed by atoms with Crippen molar-refractivity contribution >= 4 is 23.1 Å². The smallest absolute Gasteiger partial charge is 0.410 e. The number of benzene rings is 1. The third kappa shape index (κ3) is 5.45. The molecule has 0 spiro atoms. The Labute approximate surface area is 199 Å². The summed E-state index contributed by atoms with van der Waals surface area (Å²) in [6.45, 7) is 9.50. The van der Waals surface area contributed by atoms with E-state index in [1.165, 1.54) is 0 Å². The average Bonchev–Trinajstić information content (AvgIpc) is 3.23. The third-order valence-corrected chi connectivity index (χ3v) is 5.79. The second kappa shape index (κ2) is 9.67. The number of para-hydroxylation sites is 2. The van der Waals surface area contributed by atoms with Gasteiger partial charge >= 0.3 is 6.09 Å². The molecule has 178 valence electrons. The lowest BCUT2D eigenvalue weighted by Gasteiger charge is -2.33. The number of amides is 1. The van der Waals surface area contributed by atoms with Gasteiger partial charge in [-0.25, -0.2) is 19.7 Å². The number of likely N-dealkylation sites (tertiary alicyclic amines) is 1. The first-order chi connectivity index (χ1) is 16.2. The first kappa shape index (κ1) is 23.5. The lowest BCUT2D eigenvalue weighted by atomic mass is 9.97. The lowest BCUT2D eigenvalue weighted by Crippen LogP contribution is -2.42. The molecule has 1 amide bonds. The van der Waals surface area contributed by atoms with E-state index in [1.54, 1.807) is 11.1 Å². The molecule has 1 saturated heterocycles. The van der Waals surface area contributed by atoms with E-state index in [2.05, 4.69) is 26.3 Å². The molecule has 1 unspecified atom stereocenters. The fraction of sp³-hybridized carbons (Fsp3) is 0.480. The number of hydrogen-bond donors (Lipinski definition) is 1. The predicted octanol–water partition coefficient (Wildman–Crippen LogP) is 4.64. The van der Waals surface area contributed by atoms with Gasteiger partial charge in [0.05, 0.1) is 11.8 Å². The molecule has 1 N–H and O–H groups in total. The molecular weight excluding hydrogens is 432 g/mol. The van der Waals surface area contributed by atoms with Crippen LogP contribution in [0.1, 0.15) is 56.7 Å². The van der Waals surface area contributed by atoms with E-state index in [0.29, 0.717) is 54.2 Å². The van der Waals surface area contributed by atoms with Crippen LogP contribution >= 0.6 is 0 Å². The number of ether oxygens (including phenoxy) is 1. The van der Waals surface area contributed by atoms with Gasteiger partial charge in [0, 0.05) is 25.8 Å².